The predicted octanol–water partition coefficient (Wildman–Crippen LogP) is 8.48. The molecular formula is C33H20F6N2O8. The lowest BCUT2D eigenvalue weighted by Crippen LogP contribution is -2.43. The van der Waals surface area contributed by atoms with E-state index in [1.807, 2.05) is 0 Å². The van der Waals surface area contributed by atoms with E-state index >= 15 is 0 Å². The number of halogens is 6. The topological polar surface area (TPSA) is 134 Å². The molecule has 0 saturated carbocycles. The number of nitro benzene ring substituents is 2. The van der Waals surface area contributed by atoms with E-state index in [1.165, 1.54) is 36.4 Å². The summed E-state index contributed by atoms with van der Waals surface area (Å²) in [7, 11) is 0. The maximum atomic E-state index is 13.2. The monoisotopic (exact) mass is 686 g/mol. The number of rotatable bonds is 7. The summed E-state index contributed by atoms with van der Waals surface area (Å²) in [4.78, 5) is 21.1. The molecule has 0 fully saturated rings. The summed E-state index contributed by atoms with van der Waals surface area (Å²) in [6.07, 6.45) is -6.48. The summed E-state index contributed by atoms with van der Waals surface area (Å²) in [6, 6.07) is 15.9. The van der Waals surface area contributed by atoms with Crippen LogP contribution in [0, 0.1) is 26.1 Å². The van der Waals surface area contributed by atoms with Crippen LogP contribution in [-0.2, 0) is 18.0 Å². The summed E-state index contributed by atoms with van der Waals surface area (Å²) in [5, 5.41) is 35.5. The highest BCUT2D eigenvalue weighted by Crippen LogP contribution is 2.52. The lowest BCUT2D eigenvalue weighted by atomic mass is 9.71. The van der Waals surface area contributed by atoms with Crippen LogP contribution in [0.5, 0.6) is 23.0 Å². The normalized spacial score (nSPS) is 19.9. The van der Waals surface area contributed by atoms with E-state index in [-0.39, 0.29) is 22.8 Å². The maximum absolute atomic E-state index is 13.2. The van der Waals surface area contributed by atoms with E-state index in [0.29, 0.717) is 29.8 Å². The average molecular weight is 687 g/mol. The molecule has 3 atom stereocenters. The summed E-state index contributed by atoms with van der Waals surface area (Å²) < 4.78 is 96.6. The Morgan fingerprint density at radius 3 is 1.94 bits per heavy atom. The highest BCUT2D eigenvalue weighted by atomic mass is 19.4. The van der Waals surface area contributed by atoms with Crippen molar-refractivity contribution in [3.05, 3.63) is 151 Å². The van der Waals surface area contributed by atoms with Crippen LogP contribution in [0.4, 0.5) is 37.7 Å². The third kappa shape index (κ3) is 6.25. The molecule has 4 aromatic rings. The molecule has 6 rings (SSSR count). The predicted molar refractivity (Wildman–Crippen MR) is 158 cm³/mol. The van der Waals surface area contributed by atoms with Crippen molar-refractivity contribution in [1.29, 1.82) is 0 Å². The van der Waals surface area contributed by atoms with Gasteiger partial charge in [0, 0.05) is 23.8 Å². The van der Waals surface area contributed by atoms with E-state index in [0.717, 1.165) is 12.1 Å². The minimum atomic E-state index is -4.84. The van der Waals surface area contributed by atoms with Crippen molar-refractivity contribution in [2.45, 2.75) is 24.1 Å². The fraction of sp³-hybridized carbons (Fsp3) is 0.152. The average Bonchev–Trinajstić information content (AvgIpc) is 3.04. The van der Waals surface area contributed by atoms with Gasteiger partial charge in [0.2, 0.25) is 5.75 Å². The molecule has 252 valence electrons. The van der Waals surface area contributed by atoms with E-state index in [9.17, 15) is 51.7 Å². The van der Waals surface area contributed by atoms with Crippen LogP contribution in [0.2, 0.25) is 0 Å². The Balaban J connectivity index is 1.38. The van der Waals surface area contributed by atoms with Gasteiger partial charge in [-0.1, -0.05) is 36.4 Å². The number of hydrogen-bond donors (Lipinski definition) is 1. The first kappa shape index (κ1) is 33.0. The fourth-order valence-corrected chi connectivity index (χ4v) is 5.57. The molecule has 0 aromatic heterocycles. The largest absolute Gasteiger partial charge is 0.475 e. The SMILES string of the molecule is O=[N+]([O-])c1cc(C(F)(F)F)ccc1Oc1ccc2c(c1)OC1=CC(Oc3ccc(C(F)(F)F)cc3[N+](=O)[O-])C=CC1C2(O)c1ccccc1. The summed E-state index contributed by atoms with van der Waals surface area (Å²) in [6.45, 7) is 0. The quantitative estimate of drug-likeness (QED) is 0.0886. The van der Waals surface area contributed by atoms with Crippen molar-refractivity contribution in [2.75, 3.05) is 0 Å². The number of nitro groups is 2. The lowest BCUT2D eigenvalue weighted by Gasteiger charge is -2.43. The van der Waals surface area contributed by atoms with Gasteiger partial charge in [0.25, 0.3) is 0 Å². The first-order chi connectivity index (χ1) is 23.1. The Morgan fingerprint density at radius 2 is 1.35 bits per heavy atom. The summed E-state index contributed by atoms with van der Waals surface area (Å²) >= 11 is 0. The van der Waals surface area contributed by atoms with Gasteiger partial charge in [0.15, 0.2) is 5.75 Å². The highest BCUT2D eigenvalue weighted by molar-refractivity contribution is 5.57. The molecule has 16 heteroatoms. The van der Waals surface area contributed by atoms with E-state index in [4.69, 9.17) is 14.2 Å². The van der Waals surface area contributed by atoms with Gasteiger partial charge in [-0.3, -0.25) is 20.2 Å². The molecule has 2 aliphatic rings. The number of fused-ring (bicyclic) bond motifs is 2. The molecule has 1 heterocycles. The Kier molecular flexibility index (Phi) is 8.06. The van der Waals surface area contributed by atoms with Crippen molar-refractivity contribution in [3.63, 3.8) is 0 Å². The molecule has 49 heavy (non-hydrogen) atoms. The molecule has 1 N–H and O–H groups in total. The summed E-state index contributed by atoms with van der Waals surface area (Å²) in [5.74, 6) is -1.93. The molecule has 1 aliphatic heterocycles. The third-order valence-electron chi connectivity index (χ3n) is 7.84. The smallest absolute Gasteiger partial charge is 0.416 e. The molecule has 0 spiro atoms. The van der Waals surface area contributed by atoms with Crippen LogP contribution < -0.4 is 14.2 Å². The van der Waals surface area contributed by atoms with Crippen LogP contribution in [0.25, 0.3) is 0 Å². The van der Waals surface area contributed by atoms with Gasteiger partial charge in [-0.25, -0.2) is 0 Å². The molecular weight excluding hydrogens is 666 g/mol. The second kappa shape index (κ2) is 12.0. The fourth-order valence-electron chi connectivity index (χ4n) is 5.57. The first-order valence-electron chi connectivity index (χ1n) is 14.1. The zero-order valence-electron chi connectivity index (χ0n) is 24.4. The van der Waals surface area contributed by atoms with Crippen LogP contribution in [0.3, 0.4) is 0 Å². The molecule has 0 amide bonds. The number of benzene rings is 4. The second-order valence-electron chi connectivity index (χ2n) is 10.9. The summed E-state index contributed by atoms with van der Waals surface area (Å²) in [5.41, 5.74) is -5.58. The molecule has 0 saturated heterocycles. The Morgan fingerprint density at radius 1 is 0.755 bits per heavy atom. The Bertz CT molecular complexity index is 2030. The molecule has 0 radical (unpaired) electrons. The van der Waals surface area contributed by atoms with Crippen molar-refractivity contribution < 1.29 is 55.5 Å². The molecule has 4 aromatic carbocycles. The van der Waals surface area contributed by atoms with Crippen LogP contribution in [-0.4, -0.2) is 21.1 Å². The lowest BCUT2D eigenvalue weighted by molar-refractivity contribution is -0.386. The zero-order chi connectivity index (χ0) is 35.3. The van der Waals surface area contributed by atoms with Crippen molar-refractivity contribution >= 4 is 11.4 Å². The van der Waals surface area contributed by atoms with Gasteiger partial charge >= 0.3 is 23.7 Å². The minimum Gasteiger partial charge on any atom is -0.475 e. The molecule has 0 bridgehead atoms. The van der Waals surface area contributed by atoms with Crippen molar-refractivity contribution in [1.82, 2.24) is 0 Å². The minimum absolute atomic E-state index is 0.0181. The Hall–Kier alpha value is -5.90. The standard InChI is InChI=1S/C33H20F6N2O8/c34-32(35,36)19-6-12-27(25(14-19)40(43)44)47-21-8-10-23-29(16-21)49-30-17-22(9-11-24(30)31(23,42)18-4-2-1-3-5-18)48-28-13-7-20(33(37,38)39)15-26(28)41(45)46/h1-17,21,23,42H. The van der Waals surface area contributed by atoms with Gasteiger partial charge < -0.3 is 19.3 Å². The van der Waals surface area contributed by atoms with Crippen molar-refractivity contribution in [2.24, 2.45) is 5.92 Å². The second-order valence-corrected chi connectivity index (χ2v) is 10.9. The Labute approximate surface area is 271 Å². The zero-order valence-corrected chi connectivity index (χ0v) is 24.4. The van der Waals surface area contributed by atoms with E-state index in [2.05, 4.69) is 0 Å². The highest BCUT2D eigenvalue weighted by Gasteiger charge is 2.49. The van der Waals surface area contributed by atoms with Crippen LogP contribution in [0.1, 0.15) is 22.3 Å². The molecule has 3 unspecified atom stereocenters. The first-order valence-corrected chi connectivity index (χ1v) is 14.1. The van der Waals surface area contributed by atoms with Gasteiger partial charge in [0.1, 0.15) is 29.0 Å². The van der Waals surface area contributed by atoms with Crippen LogP contribution >= 0.6 is 0 Å². The maximum Gasteiger partial charge on any atom is 0.416 e. The number of ether oxygens (including phenoxy) is 3. The molecule has 10 nitrogen and oxygen atoms in total. The van der Waals surface area contributed by atoms with Gasteiger partial charge in [0.05, 0.1) is 26.9 Å². The van der Waals surface area contributed by atoms with Gasteiger partial charge in [-0.2, -0.15) is 26.3 Å². The van der Waals surface area contributed by atoms with E-state index in [1.54, 1.807) is 30.3 Å². The van der Waals surface area contributed by atoms with Gasteiger partial charge in [-0.05, 0) is 54.1 Å². The molecule has 1 aliphatic carbocycles. The number of aliphatic hydroxyl groups is 1. The number of nitrogens with zero attached hydrogens (tertiary/aromatic N) is 2. The number of alkyl halides is 6. The van der Waals surface area contributed by atoms with Gasteiger partial charge in [-0.15, -0.1) is 0 Å². The van der Waals surface area contributed by atoms with Crippen LogP contribution in [0.15, 0.2) is 109 Å². The van der Waals surface area contributed by atoms with E-state index < -0.39 is 73.8 Å². The van der Waals surface area contributed by atoms with Crippen molar-refractivity contribution in [3.8, 4) is 23.0 Å². The third-order valence-corrected chi connectivity index (χ3v) is 7.84. The number of hydrogen-bond acceptors (Lipinski definition) is 8.